The lowest BCUT2D eigenvalue weighted by molar-refractivity contribution is -0.128. The third kappa shape index (κ3) is 2.66. The van der Waals surface area contributed by atoms with E-state index in [4.69, 9.17) is 0 Å². The minimum Gasteiger partial charge on any atom is -0.351 e. The van der Waals surface area contributed by atoms with Crippen LogP contribution in [-0.4, -0.2) is 31.9 Å². The molecule has 1 aliphatic carbocycles. The first-order valence-electron chi connectivity index (χ1n) is 6.40. The van der Waals surface area contributed by atoms with Crippen LogP contribution >= 0.6 is 0 Å². The van der Waals surface area contributed by atoms with Crippen molar-refractivity contribution in [1.29, 1.82) is 5.26 Å². The topological polar surface area (TPSA) is 87.0 Å². The Hall–Kier alpha value is -1.09. The monoisotopic (exact) mass is 270 g/mol. The van der Waals surface area contributed by atoms with Crippen LogP contribution in [0.5, 0.6) is 0 Å². The highest BCUT2D eigenvalue weighted by Crippen LogP contribution is 2.37. The van der Waals surface area contributed by atoms with E-state index in [1.54, 1.807) is 0 Å². The maximum absolute atomic E-state index is 12.1. The summed E-state index contributed by atoms with van der Waals surface area (Å²) in [7, 11) is -3.03. The highest BCUT2D eigenvalue weighted by atomic mass is 32.2. The van der Waals surface area contributed by atoms with Gasteiger partial charge in [-0.25, -0.2) is 8.42 Å². The lowest BCUT2D eigenvalue weighted by atomic mass is 9.86. The van der Waals surface area contributed by atoms with Crippen LogP contribution in [0.4, 0.5) is 0 Å². The molecule has 6 heteroatoms. The smallest absolute Gasteiger partial charge is 0.240 e. The van der Waals surface area contributed by atoms with Crippen LogP contribution in [-0.2, 0) is 14.6 Å². The van der Waals surface area contributed by atoms with E-state index in [1.807, 2.05) is 0 Å². The Bertz CT molecular complexity index is 472. The van der Waals surface area contributed by atoms with Gasteiger partial charge in [-0.2, -0.15) is 5.26 Å². The SMILES string of the molecule is N#CC1(C(=O)NC2CCCS(=O)(=O)C2)CCCC1. The molecule has 1 unspecified atom stereocenters. The first-order valence-corrected chi connectivity index (χ1v) is 8.22. The summed E-state index contributed by atoms with van der Waals surface area (Å²) in [5.41, 5.74) is -0.915. The first-order chi connectivity index (χ1) is 8.47. The van der Waals surface area contributed by atoms with Crippen LogP contribution in [0.3, 0.4) is 0 Å². The summed E-state index contributed by atoms with van der Waals surface area (Å²) in [6, 6.07) is 1.81. The molecular weight excluding hydrogens is 252 g/mol. The maximum Gasteiger partial charge on any atom is 0.240 e. The molecule has 1 saturated heterocycles. The van der Waals surface area contributed by atoms with Crippen LogP contribution in [0.1, 0.15) is 38.5 Å². The normalized spacial score (nSPS) is 29.4. The van der Waals surface area contributed by atoms with Crippen molar-refractivity contribution in [2.75, 3.05) is 11.5 Å². The predicted molar refractivity (Wildman–Crippen MR) is 66.3 cm³/mol. The summed E-state index contributed by atoms with van der Waals surface area (Å²) in [4.78, 5) is 12.1. The van der Waals surface area contributed by atoms with Gasteiger partial charge in [-0.15, -0.1) is 0 Å². The van der Waals surface area contributed by atoms with Crippen molar-refractivity contribution in [3.05, 3.63) is 0 Å². The molecule has 0 spiro atoms. The Balaban J connectivity index is 2.01. The third-order valence-electron chi connectivity index (χ3n) is 3.90. The molecule has 2 rings (SSSR count). The Labute approximate surface area is 107 Å². The summed E-state index contributed by atoms with van der Waals surface area (Å²) >= 11 is 0. The Morgan fingerprint density at radius 1 is 1.28 bits per heavy atom. The number of carbonyl (C=O) groups excluding carboxylic acids is 1. The second-order valence-corrected chi connectivity index (χ2v) is 7.56. The van der Waals surface area contributed by atoms with Gasteiger partial charge in [-0.1, -0.05) is 12.8 Å². The standard InChI is InChI=1S/C12H18N2O3S/c13-9-12(5-1-2-6-12)11(15)14-10-4-3-7-18(16,17)8-10/h10H,1-8H2,(H,14,15). The molecule has 1 heterocycles. The van der Waals surface area contributed by atoms with Crippen LogP contribution in [0.15, 0.2) is 0 Å². The molecule has 5 nitrogen and oxygen atoms in total. The Morgan fingerprint density at radius 2 is 1.94 bits per heavy atom. The minimum absolute atomic E-state index is 0.0141. The van der Waals surface area contributed by atoms with Crippen LogP contribution in [0, 0.1) is 16.7 Å². The number of amides is 1. The Kier molecular flexibility index (Phi) is 3.62. The third-order valence-corrected chi connectivity index (χ3v) is 5.72. The highest BCUT2D eigenvalue weighted by molar-refractivity contribution is 7.91. The van der Waals surface area contributed by atoms with Gasteiger partial charge >= 0.3 is 0 Å². The van der Waals surface area contributed by atoms with Crippen LogP contribution < -0.4 is 5.32 Å². The van der Waals surface area contributed by atoms with E-state index < -0.39 is 15.3 Å². The molecule has 1 aliphatic heterocycles. The van der Waals surface area contributed by atoms with E-state index in [2.05, 4.69) is 11.4 Å². The van der Waals surface area contributed by atoms with Gasteiger partial charge in [0, 0.05) is 6.04 Å². The molecule has 0 aromatic rings. The minimum atomic E-state index is -3.03. The largest absolute Gasteiger partial charge is 0.351 e. The zero-order valence-electron chi connectivity index (χ0n) is 10.3. The van der Waals surface area contributed by atoms with Crippen LogP contribution in [0.2, 0.25) is 0 Å². The number of nitriles is 1. The molecule has 100 valence electrons. The molecule has 1 atom stereocenters. The summed E-state index contributed by atoms with van der Waals surface area (Å²) in [5.74, 6) is -0.0483. The van der Waals surface area contributed by atoms with Gasteiger partial charge in [0.2, 0.25) is 5.91 Å². The van der Waals surface area contributed by atoms with E-state index >= 15 is 0 Å². The van der Waals surface area contributed by atoms with Crippen molar-refractivity contribution in [3.63, 3.8) is 0 Å². The van der Waals surface area contributed by atoms with Crippen molar-refractivity contribution in [2.45, 2.75) is 44.6 Å². The number of sulfone groups is 1. The van der Waals surface area contributed by atoms with Crippen molar-refractivity contribution < 1.29 is 13.2 Å². The average Bonchev–Trinajstić information content (AvgIpc) is 2.77. The molecule has 2 aliphatic rings. The predicted octanol–water partition coefficient (Wildman–Crippen LogP) is 0.764. The second-order valence-electron chi connectivity index (χ2n) is 5.33. The van der Waals surface area contributed by atoms with Crippen molar-refractivity contribution in [1.82, 2.24) is 5.32 Å². The number of nitrogens with zero attached hydrogens (tertiary/aromatic N) is 1. The molecule has 2 fully saturated rings. The molecule has 1 saturated carbocycles. The first kappa shape index (κ1) is 13.3. The fraction of sp³-hybridized carbons (Fsp3) is 0.833. The van der Waals surface area contributed by atoms with Crippen molar-refractivity contribution in [2.24, 2.45) is 5.41 Å². The van der Waals surface area contributed by atoms with Gasteiger partial charge in [-0.05, 0) is 25.7 Å². The van der Waals surface area contributed by atoms with Crippen molar-refractivity contribution in [3.8, 4) is 6.07 Å². The van der Waals surface area contributed by atoms with Gasteiger partial charge in [-0.3, -0.25) is 4.79 Å². The van der Waals surface area contributed by atoms with E-state index in [0.717, 1.165) is 12.8 Å². The zero-order valence-corrected chi connectivity index (χ0v) is 11.1. The van der Waals surface area contributed by atoms with Gasteiger partial charge in [0.15, 0.2) is 9.84 Å². The molecule has 0 aromatic carbocycles. The lowest BCUT2D eigenvalue weighted by Gasteiger charge is -2.27. The zero-order chi connectivity index (χ0) is 13.2. The maximum atomic E-state index is 12.1. The van der Waals surface area contributed by atoms with Gasteiger partial charge < -0.3 is 5.32 Å². The Morgan fingerprint density at radius 3 is 2.50 bits per heavy atom. The summed E-state index contributed by atoms with van der Waals surface area (Å²) < 4.78 is 23.0. The molecular formula is C12H18N2O3S. The summed E-state index contributed by atoms with van der Waals surface area (Å²) in [6.07, 6.45) is 4.25. The van der Waals surface area contributed by atoms with Gasteiger partial charge in [0.25, 0.3) is 0 Å². The summed E-state index contributed by atoms with van der Waals surface area (Å²) in [6.45, 7) is 0. The number of carbonyl (C=O) groups is 1. The highest BCUT2D eigenvalue weighted by Gasteiger charge is 2.42. The molecule has 1 N–H and O–H groups in total. The number of hydrogen-bond acceptors (Lipinski definition) is 4. The average molecular weight is 270 g/mol. The van der Waals surface area contributed by atoms with Crippen LogP contribution in [0.25, 0.3) is 0 Å². The summed E-state index contributed by atoms with van der Waals surface area (Å²) in [5, 5.41) is 12.0. The molecule has 18 heavy (non-hydrogen) atoms. The number of nitrogens with one attached hydrogen (secondary N) is 1. The lowest BCUT2D eigenvalue weighted by Crippen LogP contribution is -2.48. The quantitative estimate of drug-likeness (QED) is 0.802. The van der Waals surface area contributed by atoms with E-state index in [-0.39, 0.29) is 23.5 Å². The fourth-order valence-corrected chi connectivity index (χ4v) is 4.46. The van der Waals surface area contributed by atoms with Gasteiger partial charge in [0.1, 0.15) is 5.41 Å². The van der Waals surface area contributed by atoms with E-state index in [1.165, 1.54) is 0 Å². The molecule has 1 amide bonds. The molecule has 0 bridgehead atoms. The van der Waals surface area contributed by atoms with Gasteiger partial charge in [0.05, 0.1) is 17.6 Å². The number of hydrogen-bond donors (Lipinski definition) is 1. The second kappa shape index (κ2) is 4.88. The van der Waals surface area contributed by atoms with E-state index in [0.29, 0.717) is 25.7 Å². The fourth-order valence-electron chi connectivity index (χ4n) is 2.83. The van der Waals surface area contributed by atoms with Crippen molar-refractivity contribution >= 4 is 15.7 Å². The molecule has 0 aromatic heterocycles. The molecule has 0 radical (unpaired) electrons. The number of rotatable bonds is 2. The van der Waals surface area contributed by atoms with E-state index in [9.17, 15) is 18.5 Å².